The van der Waals surface area contributed by atoms with Crippen LogP contribution in [0.2, 0.25) is 0 Å². The maximum Gasteiger partial charge on any atom is 0.0104 e. The summed E-state index contributed by atoms with van der Waals surface area (Å²) in [5, 5.41) is 3.50. The highest BCUT2D eigenvalue weighted by Crippen LogP contribution is 2.13. The van der Waals surface area contributed by atoms with Gasteiger partial charge in [-0.05, 0) is 25.4 Å². The van der Waals surface area contributed by atoms with E-state index in [1.165, 1.54) is 32.4 Å². The van der Waals surface area contributed by atoms with E-state index in [4.69, 9.17) is 0 Å². The molecule has 0 rings (SSSR count). The molecule has 0 amide bonds. The third-order valence-electron chi connectivity index (χ3n) is 2.37. The summed E-state index contributed by atoms with van der Waals surface area (Å²) in [4.78, 5) is 2.41. The molecule has 0 unspecified atom stereocenters. The Balaban J connectivity index is 3.28. The van der Waals surface area contributed by atoms with Gasteiger partial charge in [0.25, 0.3) is 0 Å². The van der Waals surface area contributed by atoms with Crippen LogP contribution in [0.1, 0.15) is 47.0 Å². The molecular formula is C13H30N2. The number of likely N-dealkylation sites (N-methyl/N-ethyl adjacent to an activating group) is 1. The zero-order chi connectivity index (χ0) is 11.7. The van der Waals surface area contributed by atoms with Crippen LogP contribution in [0, 0.1) is 5.41 Å². The van der Waals surface area contributed by atoms with Gasteiger partial charge in [-0.1, -0.05) is 40.5 Å². The van der Waals surface area contributed by atoms with Gasteiger partial charge in [0.05, 0.1) is 0 Å². The standard InChI is InChI=1S/C13H30N2/c1-6-7-8-9-14-10-11-15(5)12-13(2,3)4/h14H,6-12H2,1-5H3. The average molecular weight is 214 g/mol. The van der Waals surface area contributed by atoms with Gasteiger partial charge in [0, 0.05) is 19.6 Å². The summed E-state index contributed by atoms with van der Waals surface area (Å²) in [7, 11) is 2.21. The van der Waals surface area contributed by atoms with Gasteiger partial charge in [-0.25, -0.2) is 0 Å². The van der Waals surface area contributed by atoms with E-state index in [9.17, 15) is 0 Å². The van der Waals surface area contributed by atoms with Crippen molar-refractivity contribution in [1.82, 2.24) is 10.2 Å². The number of unbranched alkanes of at least 4 members (excludes halogenated alkanes) is 2. The van der Waals surface area contributed by atoms with Crippen molar-refractivity contribution in [3.05, 3.63) is 0 Å². The molecule has 0 heterocycles. The highest BCUT2D eigenvalue weighted by atomic mass is 15.1. The molecule has 0 aromatic carbocycles. The summed E-state index contributed by atoms with van der Waals surface area (Å²) in [6, 6.07) is 0. The molecule has 92 valence electrons. The number of hydrogen-bond donors (Lipinski definition) is 1. The van der Waals surface area contributed by atoms with E-state index < -0.39 is 0 Å². The molecule has 0 spiro atoms. The first-order chi connectivity index (χ1) is 6.95. The molecule has 0 bridgehead atoms. The molecule has 0 radical (unpaired) electrons. The molecular weight excluding hydrogens is 184 g/mol. The fraction of sp³-hybridized carbons (Fsp3) is 1.00. The van der Waals surface area contributed by atoms with Gasteiger partial charge in [0.1, 0.15) is 0 Å². The fourth-order valence-electron chi connectivity index (χ4n) is 1.78. The number of nitrogens with zero attached hydrogens (tertiary/aromatic N) is 1. The van der Waals surface area contributed by atoms with Crippen LogP contribution in [-0.2, 0) is 0 Å². The van der Waals surface area contributed by atoms with E-state index in [1.54, 1.807) is 0 Å². The van der Waals surface area contributed by atoms with E-state index in [2.05, 4.69) is 45.0 Å². The molecule has 0 aliphatic rings. The first-order valence-electron chi connectivity index (χ1n) is 6.35. The second-order valence-corrected chi connectivity index (χ2v) is 5.76. The van der Waals surface area contributed by atoms with Crippen LogP contribution in [0.5, 0.6) is 0 Å². The Hall–Kier alpha value is -0.0800. The zero-order valence-corrected chi connectivity index (χ0v) is 11.4. The fourth-order valence-corrected chi connectivity index (χ4v) is 1.78. The second-order valence-electron chi connectivity index (χ2n) is 5.76. The maximum absolute atomic E-state index is 3.50. The molecule has 2 nitrogen and oxygen atoms in total. The van der Waals surface area contributed by atoms with Crippen LogP contribution >= 0.6 is 0 Å². The predicted molar refractivity (Wildman–Crippen MR) is 69.3 cm³/mol. The molecule has 1 N–H and O–H groups in total. The Bertz CT molecular complexity index is 138. The van der Waals surface area contributed by atoms with Gasteiger partial charge in [-0.3, -0.25) is 0 Å². The monoisotopic (exact) mass is 214 g/mol. The number of nitrogens with one attached hydrogen (secondary N) is 1. The first kappa shape index (κ1) is 14.9. The number of rotatable bonds is 8. The van der Waals surface area contributed by atoms with Crippen LogP contribution in [0.4, 0.5) is 0 Å². The smallest absolute Gasteiger partial charge is 0.0104 e. The van der Waals surface area contributed by atoms with Crippen molar-refractivity contribution >= 4 is 0 Å². The molecule has 0 aliphatic carbocycles. The minimum atomic E-state index is 0.414. The third-order valence-corrected chi connectivity index (χ3v) is 2.37. The van der Waals surface area contributed by atoms with Crippen LogP contribution in [0.25, 0.3) is 0 Å². The van der Waals surface area contributed by atoms with E-state index in [0.29, 0.717) is 5.41 Å². The van der Waals surface area contributed by atoms with Gasteiger partial charge in [0.15, 0.2) is 0 Å². The summed E-state index contributed by atoms with van der Waals surface area (Å²) in [6.07, 6.45) is 3.98. The predicted octanol–water partition coefficient (Wildman–Crippen LogP) is 2.74. The molecule has 2 heteroatoms. The highest BCUT2D eigenvalue weighted by Gasteiger charge is 2.12. The summed E-state index contributed by atoms with van der Waals surface area (Å²) >= 11 is 0. The van der Waals surface area contributed by atoms with Crippen LogP contribution in [-0.4, -0.2) is 38.1 Å². The SMILES string of the molecule is CCCCCNCCN(C)CC(C)(C)C. The van der Waals surface area contributed by atoms with Gasteiger partial charge in [-0.15, -0.1) is 0 Å². The summed E-state index contributed by atoms with van der Waals surface area (Å²) < 4.78 is 0. The first-order valence-corrected chi connectivity index (χ1v) is 6.35. The lowest BCUT2D eigenvalue weighted by Gasteiger charge is -2.26. The molecule has 0 aromatic rings. The van der Waals surface area contributed by atoms with Gasteiger partial charge in [-0.2, -0.15) is 0 Å². The summed E-state index contributed by atoms with van der Waals surface area (Å²) in [5.74, 6) is 0. The Morgan fingerprint density at radius 1 is 1.07 bits per heavy atom. The lowest BCUT2D eigenvalue weighted by Crippen LogP contribution is -2.35. The van der Waals surface area contributed by atoms with E-state index >= 15 is 0 Å². The van der Waals surface area contributed by atoms with Crippen molar-refractivity contribution in [1.29, 1.82) is 0 Å². The summed E-state index contributed by atoms with van der Waals surface area (Å²) in [6.45, 7) is 13.7. The van der Waals surface area contributed by atoms with Crippen LogP contribution < -0.4 is 5.32 Å². The van der Waals surface area contributed by atoms with Crippen LogP contribution in [0.3, 0.4) is 0 Å². The minimum absolute atomic E-state index is 0.414. The van der Waals surface area contributed by atoms with Crippen molar-refractivity contribution in [2.24, 2.45) is 5.41 Å². The van der Waals surface area contributed by atoms with Gasteiger partial charge >= 0.3 is 0 Å². The van der Waals surface area contributed by atoms with Crippen molar-refractivity contribution < 1.29 is 0 Å². The largest absolute Gasteiger partial charge is 0.315 e. The number of hydrogen-bond acceptors (Lipinski definition) is 2. The molecule has 0 saturated carbocycles. The molecule has 0 saturated heterocycles. The molecule has 15 heavy (non-hydrogen) atoms. The van der Waals surface area contributed by atoms with Crippen molar-refractivity contribution in [3.63, 3.8) is 0 Å². The normalized spacial score (nSPS) is 12.4. The van der Waals surface area contributed by atoms with Crippen molar-refractivity contribution in [3.8, 4) is 0 Å². The van der Waals surface area contributed by atoms with Crippen LogP contribution in [0.15, 0.2) is 0 Å². The Kier molecular flexibility index (Phi) is 8.07. The van der Waals surface area contributed by atoms with Crippen molar-refractivity contribution in [2.45, 2.75) is 47.0 Å². The Labute approximate surface area is 96.4 Å². The Morgan fingerprint density at radius 3 is 2.27 bits per heavy atom. The van der Waals surface area contributed by atoms with E-state index in [-0.39, 0.29) is 0 Å². The Morgan fingerprint density at radius 2 is 1.73 bits per heavy atom. The molecule has 0 atom stereocenters. The topological polar surface area (TPSA) is 15.3 Å². The van der Waals surface area contributed by atoms with Gasteiger partial charge in [0.2, 0.25) is 0 Å². The van der Waals surface area contributed by atoms with E-state index in [1.807, 2.05) is 0 Å². The minimum Gasteiger partial charge on any atom is -0.315 e. The maximum atomic E-state index is 3.50. The quantitative estimate of drug-likeness (QED) is 0.625. The lowest BCUT2D eigenvalue weighted by atomic mass is 9.96. The second kappa shape index (κ2) is 8.12. The molecule has 0 aromatic heterocycles. The zero-order valence-electron chi connectivity index (χ0n) is 11.4. The summed E-state index contributed by atoms with van der Waals surface area (Å²) in [5.41, 5.74) is 0.414. The van der Waals surface area contributed by atoms with Crippen molar-refractivity contribution in [2.75, 3.05) is 33.2 Å². The third kappa shape index (κ3) is 11.8. The van der Waals surface area contributed by atoms with E-state index in [0.717, 1.165) is 13.1 Å². The average Bonchev–Trinajstić information content (AvgIpc) is 2.08. The lowest BCUT2D eigenvalue weighted by molar-refractivity contribution is 0.227. The molecule has 0 aliphatic heterocycles. The highest BCUT2D eigenvalue weighted by molar-refractivity contribution is 4.67. The molecule has 0 fully saturated rings. The van der Waals surface area contributed by atoms with Gasteiger partial charge < -0.3 is 10.2 Å².